The minimum absolute atomic E-state index is 0.0997. The standard InChI is InChI=1S/C24H37N5O3/c1-23(2)15-28(21(30)9-8-18-6-4-3-5-7-18)11-10-24(23,32)16-29-17-27-20(12-22(29)31)19(13-25)14-26/h12-14,17-18,25,32H,3-11,15-16,26H2,1-2H3/b19-14+,25-13?. The highest BCUT2D eigenvalue weighted by Gasteiger charge is 2.48. The molecule has 3 rings (SSSR count). The first-order valence-corrected chi connectivity index (χ1v) is 11.7. The average Bonchev–Trinajstić information content (AvgIpc) is 2.77. The van der Waals surface area contributed by atoms with Crippen LogP contribution < -0.4 is 11.3 Å². The molecule has 2 fully saturated rings. The van der Waals surface area contributed by atoms with Crippen molar-refractivity contribution in [1.29, 1.82) is 5.41 Å². The van der Waals surface area contributed by atoms with E-state index in [0.717, 1.165) is 12.6 Å². The Morgan fingerprint density at radius 1 is 1.34 bits per heavy atom. The van der Waals surface area contributed by atoms with Gasteiger partial charge in [0.05, 0.1) is 24.2 Å². The molecule has 1 atom stereocenters. The molecule has 1 saturated carbocycles. The predicted octanol–water partition coefficient (Wildman–Crippen LogP) is 2.54. The molecule has 176 valence electrons. The van der Waals surface area contributed by atoms with E-state index in [1.54, 1.807) is 0 Å². The molecular weight excluding hydrogens is 406 g/mol. The van der Waals surface area contributed by atoms with Crippen molar-refractivity contribution < 1.29 is 9.90 Å². The van der Waals surface area contributed by atoms with Gasteiger partial charge in [-0.05, 0) is 18.8 Å². The highest BCUT2D eigenvalue weighted by Crippen LogP contribution is 2.40. The predicted molar refractivity (Wildman–Crippen MR) is 125 cm³/mol. The highest BCUT2D eigenvalue weighted by atomic mass is 16.3. The van der Waals surface area contributed by atoms with Crippen LogP contribution in [-0.2, 0) is 11.3 Å². The number of likely N-dealkylation sites (tertiary alicyclic amines) is 1. The van der Waals surface area contributed by atoms with Crippen LogP contribution in [0.4, 0.5) is 0 Å². The van der Waals surface area contributed by atoms with E-state index in [9.17, 15) is 14.7 Å². The van der Waals surface area contributed by atoms with Crippen LogP contribution in [0.3, 0.4) is 0 Å². The number of carbonyl (C=O) groups excluding carboxylic acids is 1. The van der Waals surface area contributed by atoms with Crippen LogP contribution >= 0.6 is 0 Å². The first-order valence-electron chi connectivity index (χ1n) is 11.7. The van der Waals surface area contributed by atoms with E-state index in [1.807, 2.05) is 18.7 Å². The summed E-state index contributed by atoms with van der Waals surface area (Å²) in [6.45, 7) is 4.94. The van der Waals surface area contributed by atoms with Crippen molar-refractivity contribution in [3.8, 4) is 0 Å². The first-order chi connectivity index (χ1) is 15.2. The molecule has 0 aromatic carbocycles. The minimum Gasteiger partial charge on any atom is -0.404 e. The van der Waals surface area contributed by atoms with Crippen LogP contribution in [0.25, 0.3) is 5.57 Å². The van der Waals surface area contributed by atoms with Crippen LogP contribution in [0.1, 0.15) is 70.9 Å². The quantitative estimate of drug-likeness (QED) is 0.559. The van der Waals surface area contributed by atoms with E-state index in [2.05, 4.69) is 4.98 Å². The highest BCUT2D eigenvalue weighted by molar-refractivity contribution is 6.07. The number of hydrogen-bond acceptors (Lipinski definition) is 6. The van der Waals surface area contributed by atoms with E-state index in [4.69, 9.17) is 11.1 Å². The maximum absolute atomic E-state index is 12.9. The maximum Gasteiger partial charge on any atom is 0.253 e. The number of aromatic nitrogens is 2. The number of hydrogen-bond donors (Lipinski definition) is 3. The van der Waals surface area contributed by atoms with Gasteiger partial charge in [-0.3, -0.25) is 14.2 Å². The van der Waals surface area contributed by atoms with Crippen LogP contribution in [-0.4, -0.2) is 50.4 Å². The summed E-state index contributed by atoms with van der Waals surface area (Å²) < 4.78 is 1.39. The Morgan fingerprint density at radius 2 is 2.06 bits per heavy atom. The minimum atomic E-state index is -1.14. The maximum atomic E-state index is 12.9. The van der Waals surface area contributed by atoms with E-state index >= 15 is 0 Å². The van der Waals surface area contributed by atoms with Crippen LogP contribution in [0.5, 0.6) is 0 Å². The van der Waals surface area contributed by atoms with Gasteiger partial charge in [0.15, 0.2) is 0 Å². The second-order valence-electron chi connectivity index (χ2n) is 10.0. The number of piperidine rings is 1. The zero-order chi connectivity index (χ0) is 23.4. The molecule has 0 radical (unpaired) electrons. The number of allylic oxidation sites excluding steroid dienone is 1. The summed E-state index contributed by atoms with van der Waals surface area (Å²) in [5.74, 6) is 0.841. The van der Waals surface area contributed by atoms with Gasteiger partial charge in [0, 0.05) is 49.0 Å². The number of nitrogens with zero attached hydrogens (tertiary/aromatic N) is 3. The third-order valence-corrected chi connectivity index (χ3v) is 7.43. The van der Waals surface area contributed by atoms with Gasteiger partial charge in [0.25, 0.3) is 5.56 Å². The summed E-state index contributed by atoms with van der Waals surface area (Å²) in [7, 11) is 0. The number of aliphatic hydroxyl groups is 1. The van der Waals surface area contributed by atoms with Gasteiger partial charge in [-0.15, -0.1) is 0 Å². The fourth-order valence-corrected chi connectivity index (χ4v) is 5.02. The molecule has 2 aliphatic rings. The molecule has 1 aromatic rings. The van der Waals surface area contributed by atoms with Gasteiger partial charge >= 0.3 is 0 Å². The third kappa shape index (κ3) is 5.28. The Labute approximate surface area is 190 Å². The summed E-state index contributed by atoms with van der Waals surface area (Å²) in [5, 5.41) is 18.8. The Morgan fingerprint density at radius 3 is 2.66 bits per heavy atom. The Balaban J connectivity index is 1.64. The largest absolute Gasteiger partial charge is 0.404 e. The second kappa shape index (κ2) is 9.98. The van der Waals surface area contributed by atoms with Gasteiger partial charge in [-0.25, -0.2) is 4.98 Å². The molecule has 8 nitrogen and oxygen atoms in total. The summed E-state index contributed by atoms with van der Waals surface area (Å²) >= 11 is 0. The molecule has 2 heterocycles. The average molecular weight is 444 g/mol. The van der Waals surface area contributed by atoms with Gasteiger partial charge in [-0.2, -0.15) is 0 Å². The lowest BCUT2D eigenvalue weighted by atomic mass is 9.69. The van der Waals surface area contributed by atoms with Crippen molar-refractivity contribution in [3.05, 3.63) is 34.6 Å². The fourth-order valence-electron chi connectivity index (χ4n) is 5.02. The van der Waals surface area contributed by atoms with Crippen LogP contribution in [0, 0.1) is 16.7 Å². The van der Waals surface area contributed by atoms with Crippen molar-refractivity contribution >= 4 is 17.7 Å². The number of nitrogens with two attached hydrogens (primary N) is 1. The molecular formula is C24H37N5O3. The molecule has 1 unspecified atom stereocenters. The number of rotatable bonds is 7. The monoisotopic (exact) mass is 443 g/mol. The van der Waals surface area contributed by atoms with E-state index in [-0.39, 0.29) is 18.0 Å². The second-order valence-corrected chi connectivity index (χ2v) is 10.0. The van der Waals surface area contributed by atoms with Crippen molar-refractivity contribution in [1.82, 2.24) is 14.5 Å². The Kier molecular flexibility index (Phi) is 7.54. The van der Waals surface area contributed by atoms with E-state index < -0.39 is 11.0 Å². The van der Waals surface area contributed by atoms with Crippen LogP contribution in [0.15, 0.2) is 23.4 Å². The zero-order valence-electron chi connectivity index (χ0n) is 19.3. The van der Waals surface area contributed by atoms with E-state index in [0.29, 0.717) is 43.1 Å². The number of amides is 1. The van der Waals surface area contributed by atoms with Gasteiger partial charge < -0.3 is 21.1 Å². The molecule has 1 amide bonds. The molecule has 1 saturated heterocycles. The zero-order valence-corrected chi connectivity index (χ0v) is 19.3. The van der Waals surface area contributed by atoms with E-state index in [1.165, 1.54) is 55.3 Å². The van der Waals surface area contributed by atoms with Gasteiger partial charge in [0.2, 0.25) is 5.91 Å². The normalized spacial score (nSPS) is 24.3. The first kappa shape index (κ1) is 24.2. The number of nitrogens with one attached hydrogen (secondary N) is 1. The van der Waals surface area contributed by atoms with Crippen molar-refractivity contribution in [2.45, 2.75) is 77.4 Å². The Hall–Kier alpha value is -2.48. The van der Waals surface area contributed by atoms with Gasteiger partial charge in [0.1, 0.15) is 0 Å². The SMILES string of the molecule is CC1(C)CN(C(=O)CCC2CCCCC2)CCC1(O)Cn1cnc(/C(C=N)=C/N)cc1=O. The van der Waals surface area contributed by atoms with Crippen molar-refractivity contribution in [2.24, 2.45) is 17.1 Å². The topological polar surface area (TPSA) is 125 Å². The third-order valence-electron chi connectivity index (χ3n) is 7.43. The van der Waals surface area contributed by atoms with Crippen LogP contribution in [0.2, 0.25) is 0 Å². The van der Waals surface area contributed by atoms with Crippen molar-refractivity contribution in [3.63, 3.8) is 0 Å². The summed E-state index contributed by atoms with van der Waals surface area (Å²) in [5.41, 5.74) is 4.12. The summed E-state index contributed by atoms with van der Waals surface area (Å²) in [6, 6.07) is 1.32. The molecule has 4 N–H and O–H groups in total. The summed E-state index contributed by atoms with van der Waals surface area (Å²) in [6.07, 6.45) is 12.0. The lowest BCUT2D eigenvalue weighted by Crippen LogP contribution is -2.60. The van der Waals surface area contributed by atoms with Crippen molar-refractivity contribution in [2.75, 3.05) is 13.1 Å². The Bertz CT molecular complexity index is 916. The molecule has 0 bridgehead atoms. The lowest BCUT2D eigenvalue weighted by Gasteiger charge is -2.50. The fraction of sp³-hybridized carbons (Fsp3) is 0.667. The molecule has 32 heavy (non-hydrogen) atoms. The molecule has 0 spiro atoms. The number of carbonyl (C=O) groups is 1. The lowest BCUT2D eigenvalue weighted by molar-refractivity contribution is -0.154. The molecule has 1 aromatic heterocycles. The van der Waals surface area contributed by atoms with Gasteiger partial charge in [-0.1, -0.05) is 46.0 Å². The molecule has 1 aliphatic heterocycles. The molecule has 8 heteroatoms. The molecule has 1 aliphatic carbocycles. The smallest absolute Gasteiger partial charge is 0.253 e. The summed E-state index contributed by atoms with van der Waals surface area (Å²) in [4.78, 5) is 31.6.